The van der Waals surface area contributed by atoms with Crippen LogP contribution in [0, 0.1) is 5.95 Å². The maximum Gasteiger partial charge on any atom is 0.254 e. The van der Waals surface area contributed by atoms with Gasteiger partial charge in [-0.25, -0.2) is 4.98 Å². The minimum atomic E-state index is -0.526. The summed E-state index contributed by atoms with van der Waals surface area (Å²) in [5, 5.41) is 0. The molecule has 3 nitrogen and oxygen atoms in total. The van der Waals surface area contributed by atoms with Gasteiger partial charge in [0.1, 0.15) is 0 Å². The second kappa shape index (κ2) is 2.80. The molecule has 4 heteroatoms. The smallest absolute Gasteiger partial charge is 0.254 e. The van der Waals surface area contributed by atoms with Crippen molar-refractivity contribution in [1.29, 1.82) is 0 Å². The lowest BCUT2D eigenvalue weighted by Gasteiger charge is -2.10. The number of carbonyl (C=O) groups is 1. The Kier molecular flexibility index (Phi) is 1.76. The number of hydrogen-bond donors (Lipinski definition) is 0. The Bertz CT molecular complexity index is 365. The van der Waals surface area contributed by atoms with Crippen molar-refractivity contribution in [1.82, 2.24) is 9.88 Å². The zero-order chi connectivity index (χ0) is 9.42. The second-order valence-electron chi connectivity index (χ2n) is 2.95. The quantitative estimate of drug-likeness (QED) is 0.608. The van der Waals surface area contributed by atoms with Gasteiger partial charge in [0.25, 0.3) is 5.91 Å². The van der Waals surface area contributed by atoms with Gasteiger partial charge in [-0.2, -0.15) is 4.39 Å². The van der Waals surface area contributed by atoms with Gasteiger partial charge in [0, 0.05) is 18.3 Å². The summed E-state index contributed by atoms with van der Waals surface area (Å²) in [6.07, 6.45) is 1.32. The van der Waals surface area contributed by atoms with Gasteiger partial charge in [-0.05, 0) is 13.0 Å². The lowest BCUT2D eigenvalue weighted by Crippen LogP contribution is -2.22. The molecule has 0 spiro atoms. The van der Waals surface area contributed by atoms with Crippen molar-refractivity contribution < 1.29 is 9.18 Å². The van der Waals surface area contributed by atoms with Crippen LogP contribution >= 0.6 is 0 Å². The van der Waals surface area contributed by atoms with Gasteiger partial charge in [0.05, 0.1) is 12.1 Å². The minimum absolute atomic E-state index is 0.0983. The molecule has 13 heavy (non-hydrogen) atoms. The molecule has 0 aliphatic carbocycles. The number of hydrogen-bond acceptors (Lipinski definition) is 2. The summed E-state index contributed by atoms with van der Waals surface area (Å²) in [6.45, 7) is 2.83. The van der Waals surface area contributed by atoms with E-state index < -0.39 is 5.95 Å². The van der Waals surface area contributed by atoms with E-state index in [1.54, 1.807) is 11.0 Å². The predicted octanol–water partition coefficient (Wildman–Crippen LogP) is 1.20. The summed E-state index contributed by atoms with van der Waals surface area (Å²) in [5.74, 6) is -0.624. The molecule has 0 N–H and O–H groups in total. The highest BCUT2D eigenvalue weighted by Crippen LogP contribution is 2.23. The van der Waals surface area contributed by atoms with Gasteiger partial charge in [0.2, 0.25) is 5.95 Å². The van der Waals surface area contributed by atoms with E-state index in [-0.39, 0.29) is 5.91 Å². The zero-order valence-corrected chi connectivity index (χ0v) is 7.25. The van der Waals surface area contributed by atoms with Crippen LogP contribution in [0.1, 0.15) is 22.8 Å². The van der Waals surface area contributed by atoms with Crippen LogP contribution < -0.4 is 0 Å². The molecule has 2 heterocycles. The molecule has 1 aliphatic rings. The first kappa shape index (κ1) is 8.16. The van der Waals surface area contributed by atoms with Crippen molar-refractivity contribution in [2.75, 3.05) is 6.54 Å². The summed E-state index contributed by atoms with van der Waals surface area (Å²) in [4.78, 5) is 16.6. The van der Waals surface area contributed by atoms with Crippen molar-refractivity contribution in [2.45, 2.75) is 13.5 Å². The SMILES string of the molecule is CCN1Cc2c(ccnc2F)C1=O. The fourth-order valence-corrected chi connectivity index (χ4v) is 1.51. The first-order chi connectivity index (χ1) is 6.24. The molecule has 0 radical (unpaired) electrons. The van der Waals surface area contributed by atoms with Crippen LogP contribution in [0.5, 0.6) is 0 Å². The number of pyridine rings is 1. The Balaban J connectivity index is 2.49. The molecule has 1 aromatic rings. The van der Waals surface area contributed by atoms with E-state index in [1.807, 2.05) is 6.92 Å². The molecule has 0 saturated carbocycles. The number of aromatic nitrogens is 1. The molecule has 0 unspecified atom stereocenters. The molecule has 0 saturated heterocycles. The van der Waals surface area contributed by atoms with Crippen LogP contribution in [0.25, 0.3) is 0 Å². The Hall–Kier alpha value is -1.45. The zero-order valence-electron chi connectivity index (χ0n) is 7.25. The van der Waals surface area contributed by atoms with Crippen molar-refractivity contribution in [3.63, 3.8) is 0 Å². The van der Waals surface area contributed by atoms with Crippen molar-refractivity contribution >= 4 is 5.91 Å². The predicted molar refractivity (Wildman–Crippen MR) is 44.6 cm³/mol. The van der Waals surface area contributed by atoms with Gasteiger partial charge < -0.3 is 4.90 Å². The van der Waals surface area contributed by atoms with E-state index in [1.165, 1.54) is 6.20 Å². The van der Waals surface area contributed by atoms with Crippen LogP contribution in [0.3, 0.4) is 0 Å². The lowest BCUT2D eigenvalue weighted by atomic mass is 10.2. The molecule has 0 atom stereocenters. The van der Waals surface area contributed by atoms with Crippen molar-refractivity contribution in [3.05, 3.63) is 29.3 Å². The molecule has 68 valence electrons. The molecular formula is C9H9FN2O. The highest BCUT2D eigenvalue weighted by Gasteiger charge is 2.28. The number of fused-ring (bicyclic) bond motifs is 1. The van der Waals surface area contributed by atoms with Crippen LogP contribution in [0.15, 0.2) is 12.3 Å². The molecule has 1 amide bonds. The normalized spacial score (nSPS) is 14.9. The molecule has 1 aliphatic heterocycles. The van der Waals surface area contributed by atoms with Gasteiger partial charge in [0.15, 0.2) is 0 Å². The Morgan fingerprint density at radius 2 is 2.46 bits per heavy atom. The second-order valence-corrected chi connectivity index (χ2v) is 2.95. The lowest BCUT2D eigenvalue weighted by molar-refractivity contribution is 0.0787. The third kappa shape index (κ3) is 1.09. The summed E-state index contributed by atoms with van der Waals surface area (Å²) in [7, 11) is 0. The first-order valence-corrected chi connectivity index (χ1v) is 4.16. The van der Waals surface area contributed by atoms with Crippen LogP contribution in [0.4, 0.5) is 4.39 Å². The molecule has 0 bridgehead atoms. The fourth-order valence-electron chi connectivity index (χ4n) is 1.51. The maximum absolute atomic E-state index is 13.1. The topological polar surface area (TPSA) is 33.2 Å². The summed E-state index contributed by atoms with van der Waals surface area (Å²) >= 11 is 0. The van der Waals surface area contributed by atoms with Crippen molar-refractivity contribution in [3.8, 4) is 0 Å². The summed E-state index contributed by atoms with van der Waals surface area (Å²) < 4.78 is 13.1. The summed E-state index contributed by atoms with van der Waals surface area (Å²) in [6, 6.07) is 1.57. The number of nitrogens with zero attached hydrogens (tertiary/aromatic N) is 2. The van der Waals surface area contributed by atoms with Crippen LogP contribution in [0.2, 0.25) is 0 Å². The van der Waals surface area contributed by atoms with Gasteiger partial charge in [-0.15, -0.1) is 0 Å². The molecule has 0 aromatic carbocycles. The molecule has 1 aromatic heterocycles. The van der Waals surface area contributed by atoms with Gasteiger partial charge >= 0.3 is 0 Å². The first-order valence-electron chi connectivity index (χ1n) is 4.16. The number of rotatable bonds is 1. The largest absolute Gasteiger partial charge is 0.334 e. The molecular weight excluding hydrogens is 171 g/mol. The summed E-state index contributed by atoms with van der Waals surface area (Å²) in [5.41, 5.74) is 0.878. The average Bonchev–Trinajstić information content (AvgIpc) is 2.45. The minimum Gasteiger partial charge on any atom is -0.334 e. The Labute approximate surface area is 75.2 Å². The number of carbonyl (C=O) groups excluding carboxylic acids is 1. The van der Waals surface area contributed by atoms with Crippen LogP contribution in [-0.2, 0) is 6.54 Å². The van der Waals surface area contributed by atoms with E-state index in [0.29, 0.717) is 24.2 Å². The van der Waals surface area contributed by atoms with E-state index in [0.717, 1.165) is 0 Å². The maximum atomic E-state index is 13.1. The van der Waals surface area contributed by atoms with Gasteiger partial charge in [-0.3, -0.25) is 4.79 Å². The highest BCUT2D eigenvalue weighted by molar-refractivity contribution is 5.98. The highest BCUT2D eigenvalue weighted by atomic mass is 19.1. The van der Waals surface area contributed by atoms with Gasteiger partial charge in [-0.1, -0.05) is 0 Å². The Morgan fingerprint density at radius 1 is 1.69 bits per heavy atom. The standard InChI is InChI=1S/C9H9FN2O/c1-2-12-5-7-6(9(12)13)3-4-11-8(7)10/h3-4H,2,5H2,1H3. The third-order valence-corrected chi connectivity index (χ3v) is 2.25. The Morgan fingerprint density at radius 3 is 3.08 bits per heavy atom. The van der Waals surface area contributed by atoms with E-state index in [4.69, 9.17) is 0 Å². The molecule has 2 rings (SSSR count). The average molecular weight is 180 g/mol. The van der Waals surface area contributed by atoms with E-state index >= 15 is 0 Å². The van der Waals surface area contributed by atoms with E-state index in [9.17, 15) is 9.18 Å². The fraction of sp³-hybridized carbons (Fsp3) is 0.333. The number of amides is 1. The van der Waals surface area contributed by atoms with Crippen LogP contribution in [-0.4, -0.2) is 22.3 Å². The number of halogens is 1. The monoisotopic (exact) mass is 180 g/mol. The van der Waals surface area contributed by atoms with Crippen molar-refractivity contribution in [2.24, 2.45) is 0 Å². The van der Waals surface area contributed by atoms with E-state index in [2.05, 4.69) is 4.98 Å². The third-order valence-electron chi connectivity index (χ3n) is 2.25. The molecule has 0 fully saturated rings.